The van der Waals surface area contributed by atoms with Crippen molar-refractivity contribution in [3.8, 4) is 5.75 Å². The van der Waals surface area contributed by atoms with Gasteiger partial charge in [-0.05, 0) is 12.1 Å². The van der Waals surface area contributed by atoms with E-state index >= 15 is 0 Å². The number of alkyl halides is 1. The Morgan fingerprint density at radius 1 is 1.43 bits per heavy atom. The van der Waals surface area contributed by atoms with E-state index < -0.39 is 12.6 Å². The molecule has 0 bridgehead atoms. The third-order valence-electron chi connectivity index (χ3n) is 3.19. The Balaban J connectivity index is 1.75. The number of ether oxygens (including phenoxy) is 1. The minimum atomic E-state index is -1.03. The molecule has 0 aliphatic heterocycles. The van der Waals surface area contributed by atoms with E-state index in [1.165, 1.54) is 11.3 Å². The van der Waals surface area contributed by atoms with E-state index in [9.17, 15) is 9.18 Å². The van der Waals surface area contributed by atoms with E-state index in [4.69, 9.17) is 16.3 Å². The van der Waals surface area contributed by atoms with Crippen molar-refractivity contribution in [3.63, 3.8) is 0 Å². The molecule has 0 saturated heterocycles. The van der Waals surface area contributed by atoms with Crippen LogP contribution in [0.3, 0.4) is 0 Å². The third-order valence-corrected chi connectivity index (χ3v) is 4.12. The van der Waals surface area contributed by atoms with Crippen LogP contribution < -0.4 is 10.1 Å². The van der Waals surface area contributed by atoms with Crippen LogP contribution in [0.2, 0.25) is 5.02 Å². The number of benzene rings is 1. The molecule has 2 heterocycles. The van der Waals surface area contributed by atoms with Gasteiger partial charge in [0, 0.05) is 28.0 Å². The molecule has 8 heteroatoms. The van der Waals surface area contributed by atoms with Crippen molar-refractivity contribution >= 4 is 39.7 Å². The zero-order valence-corrected chi connectivity index (χ0v) is 13.5. The first-order valence-electron chi connectivity index (χ1n) is 6.79. The van der Waals surface area contributed by atoms with Gasteiger partial charge in [0.05, 0.1) is 22.8 Å². The summed E-state index contributed by atoms with van der Waals surface area (Å²) in [5.74, 6) is -0.0951. The smallest absolute Gasteiger partial charge is 0.251 e. The summed E-state index contributed by atoms with van der Waals surface area (Å²) in [5.41, 5.74) is 4.17. The number of nitrogens with one attached hydrogen (secondary N) is 2. The number of carbonyl (C=O) groups is 1. The summed E-state index contributed by atoms with van der Waals surface area (Å²) < 4.78 is 17.8. The molecular formula is C15H13ClFN3O2S. The van der Waals surface area contributed by atoms with E-state index in [-0.39, 0.29) is 6.54 Å². The van der Waals surface area contributed by atoms with Crippen LogP contribution >= 0.6 is 22.9 Å². The van der Waals surface area contributed by atoms with Gasteiger partial charge in [0.15, 0.2) is 6.67 Å². The van der Waals surface area contributed by atoms with E-state index in [1.54, 1.807) is 17.6 Å². The number of aromatic amines is 1. The van der Waals surface area contributed by atoms with Crippen molar-refractivity contribution in [1.29, 1.82) is 0 Å². The third kappa shape index (κ3) is 3.80. The summed E-state index contributed by atoms with van der Waals surface area (Å²) >= 11 is 7.73. The van der Waals surface area contributed by atoms with Crippen LogP contribution in [-0.4, -0.2) is 22.5 Å². The lowest BCUT2D eigenvalue weighted by molar-refractivity contribution is -0.122. The summed E-state index contributed by atoms with van der Waals surface area (Å²) in [5, 5.41) is 5.76. The lowest BCUT2D eigenvalue weighted by Gasteiger charge is -2.06. The minimum Gasteiger partial charge on any atom is -0.486 e. The first kappa shape index (κ1) is 15.8. The Bertz CT molecular complexity index is 820. The SMILES string of the molecule is O=C(CF)NCc1cc2cc(Cl)c(OCc3cscn3)cc2[nH]1. The summed E-state index contributed by atoms with van der Waals surface area (Å²) in [6.45, 7) is -0.459. The summed E-state index contributed by atoms with van der Waals surface area (Å²) in [6, 6.07) is 5.43. The largest absolute Gasteiger partial charge is 0.486 e. The Kier molecular flexibility index (Phi) is 4.78. The highest BCUT2D eigenvalue weighted by Crippen LogP contribution is 2.31. The molecule has 0 atom stereocenters. The van der Waals surface area contributed by atoms with Gasteiger partial charge >= 0.3 is 0 Å². The molecule has 1 amide bonds. The van der Waals surface area contributed by atoms with Crippen LogP contribution in [-0.2, 0) is 17.9 Å². The zero-order valence-electron chi connectivity index (χ0n) is 11.9. The number of hydrogen-bond donors (Lipinski definition) is 2. The van der Waals surface area contributed by atoms with Gasteiger partial charge in [-0.25, -0.2) is 9.37 Å². The van der Waals surface area contributed by atoms with E-state index in [0.717, 1.165) is 22.3 Å². The van der Waals surface area contributed by atoms with Gasteiger partial charge in [0.1, 0.15) is 12.4 Å². The molecule has 1 aromatic carbocycles. The molecule has 0 aliphatic rings. The maximum atomic E-state index is 12.1. The lowest BCUT2D eigenvalue weighted by atomic mass is 10.2. The fourth-order valence-electron chi connectivity index (χ4n) is 2.10. The zero-order chi connectivity index (χ0) is 16.2. The van der Waals surface area contributed by atoms with E-state index in [0.29, 0.717) is 17.4 Å². The Morgan fingerprint density at radius 2 is 2.30 bits per heavy atom. The van der Waals surface area contributed by atoms with Gasteiger partial charge in [-0.1, -0.05) is 11.6 Å². The molecule has 2 aromatic heterocycles. The summed E-state index contributed by atoms with van der Waals surface area (Å²) in [7, 11) is 0. The number of halogens is 2. The van der Waals surface area contributed by atoms with Crippen molar-refractivity contribution in [2.24, 2.45) is 0 Å². The van der Waals surface area contributed by atoms with Crippen LogP contribution in [0.15, 0.2) is 29.1 Å². The fraction of sp³-hybridized carbons (Fsp3) is 0.200. The lowest BCUT2D eigenvalue weighted by Crippen LogP contribution is -2.24. The van der Waals surface area contributed by atoms with Crippen molar-refractivity contribution < 1.29 is 13.9 Å². The van der Waals surface area contributed by atoms with Crippen molar-refractivity contribution in [3.05, 3.63) is 45.5 Å². The molecule has 3 aromatic rings. The molecule has 2 N–H and O–H groups in total. The summed E-state index contributed by atoms with van der Waals surface area (Å²) in [4.78, 5) is 18.3. The monoisotopic (exact) mass is 353 g/mol. The normalized spacial score (nSPS) is 10.9. The van der Waals surface area contributed by atoms with Gasteiger partial charge in [0.25, 0.3) is 5.91 Å². The molecule has 120 valence electrons. The standard InChI is InChI=1S/C15H13ClFN3O2S/c16-12-2-9-1-10(5-18-15(21)4-17)20-13(9)3-14(12)22-6-11-7-23-8-19-11/h1-3,7-8,20H,4-6H2,(H,18,21). The molecular weight excluding hydrogens is 341 g/mol. The van der Waals surface area contributed by atoms with E-state index in [1.807, 2.05) is 11.4 Å². The van der Waals surface area contributed by atoms with Crippen LogP contribution in [0, 0.1) is 0 Å². The van der Waals surface area contributed by atoms with Crippen molar-refractivity contribution in [2.45, 2.75) is 13.2 Å². The first-order valence-corrected chi connectivity index (χ1v) is 8.11. The van der Waals surface area contributed by atoms with Crippen LogP contribution in [0.5, 0.6) is 5.75 Å². The fourth-order valence-corrected chi connectivity index (χ4v) is 2.87. The molecule has 0 aliphatic carbocycles. The number of H-pyrrole nitrogens is 1. The molecule has 0 spiro atoms. The van der Waals surface area contributed by atoms with Gasteiger partial charge in [-0.2, -0.15) is 0 Å². The molecule has 0 unspecified atom stereocenters. The minimum absolute atomic E-state index is 0.226. The molecule has 0 radical (unpaired) electrons. The van der Waals surface area contributed by atoms with Gasteiger partial charge in [-0.3, -0.25) is 4.79 Å². The van der Waals surface area contributed by atoms with Gasteiger partial charge in [-0.15, -0.1) is 11.3 Å². The number of hydrogen-bond acceptors (Lipinski definition) is 4. The van der Waals surface area contributed by atoms with Crippen LogP contribution in [0.4, 0.5) is 4.39 Å². The number of fused-ring (bicyclic) bond motifs is 1. The van der Waals surface area contributed by atoms with Crippen molar-refractivity contribution in [1.82, 2.24) is 15.3 Å². The summed E-state index contributed by atoms with van der Waals surface area (Å²) in [6.07, 6.45) is 0. The number of nitrogens with zero attached hydrogens (tertiary/aromatic N) is 1. The molecule has 0 fully saturated rings. The maximum absolute atomic E-state index is 12.1. The molecule has 0 saturated carbocycles. The highest BCUT2D eigenvalue weighted by Gasteiger charge is 2.09. The number of amides is 1. The quantitative estimate of drug-likeness (QED) is 0.713. The molecule has 5 nitrogen and oxygen atoms in total. The average Bonchev–Trinajstić information content (AvgIpc) is 3.19. The highest BCUT2D eigenvalue weighted by atomic mass is 35.5. The van der Waals surface area contributed by atoms with E-state index in [2.05, 4.69) is 15.3 Å². The number of aromatic nitrogens is 2. The van der Waals surface area contributed by atoms with Crippen molar-refractivity contribution in [2.75, 3.05) is 6.67 Å². The predicted octanol–water partition coefficient (Wildman–Crippen LogP) is 3.44. The molecule has 23 heavy (non-hydrogen) atoms. The highest BCUT2D eigenvalue weighted by molar-refractivity contribution is 7.07. The number of carbonyl (C=O) groups excluding carboxylic acids is 1. The topological polar surface area (TPSA) is 67.0 Å². The number of thiazole rings is 1. The Hall–Kier alpha value is -2.12. The number of rotatable bonds is 6. The maximum Gasteiger partial charge on any atom is 0.251 e. The first-order chi connectivity index (χ1) is 11.2. The second-order valence-electron chi connectivity index (χ2n) is 4.84. The van der Waals surface area contributed by atoms with Gasteiger partial charge in [0.2, 0.25) is 0 Å². The average molecular weight is 354 g/mol. The predicted molar refractivity (Wildman–Crippen MR) is 87.6 cm³/mol. The second-order valence-corrected chi connectivity index (χ2v) is 5.97. The second kappa shape index (κ2) is 6.97. The Morgan fingerprint density at radius 3 is 3.04 bits per heavy atom. The van der Waals surface area contributed by atoms with Crippen LogP contribution in [0.1, 0.15) is 11.4 Å². The van der Waals surface area contributed by atoms with Gasteiger partial charge < -0.3 is 15.0 Å². The molecule has 3 rings (SSSR count). The van der Waals surface area contributed by atoms with Crippen LogP contribution in [0.25, 0.3) is 10.9 Å². The Labute approximate surface area is 140 Å².